The topological polar surface area (TPSA) is 41.1 Å². The van der Waals surface area contributed by atoms with Crippen molar-refractivity contribution in [3.8, 4) is 0 Å². The highest BCUT2D eigenvalue weighted by atomic mass is 32.2. The summed E-state index contributed by atoms with van der Waals surface area (Å²) in [7, 11) is 1.91. The Morgan fingerprint density at radius 3 is 2.79 bits per heavy atom. The number of rotatable bonds is 5. The zero-order chi connectivity index (χ0) is 13.5. The molecule has 1 amide bonds. The van der Waals surface area contributed by atoms with E-state index in [1.54, 1.807) is 0 Å². The van der Waals surface area contributed by atoms with Gasteiger partial charge in [-0.05, 0) is 48.9 Å². The van der Waals surface area contributed by atoms with Crippen molar-refractivity contribution in [2.75, 3.05) is 23.9 Å². The van der Waals surface area contributed by atoms with E-state index in [1.807, 2.05) is 43.1 Å². The Morgan fingerprint density at radius 1 is 1.32 bits per heavy atom. The lowest BCUT2D eigenvalue weighted by atomic mass is 9.98. The number of thioether (sulfide) groups is 1. The van der Waals surface area contributed by atoms with Crippen molar-refractivity contribution in [3.05, 3.63) is 29.8 Å². The van der Waals surface area contributed by atoms with Crippen molar-refractivity contribution in [2.45, 2.75) is 25.8 Å². The van der Waals surface area contributed by atoms with Gasteiger partial charge in [-0.25, -0.2) is 0 Å². The molecule has 1 aromatic carbocycles. The van der Waals surface area contributed by atoms with Gasteiger partial charge in [-0.2, -0.15) is 11.8 Å². The van der Waals surface area contributed by atoms with Crippen molar-refractivity contribution in [1.29, 1.82) is 0 Å². The maximum atomic E-state index is 12.1. The fourth-order valence-corrected chi connectivity index (χ4v) is 3.60. The first kappa shape index (κ1) is 14.4. The molecule has 1 saturated heterocycles. The molecule has 2 rings (SSSR count). The number of benzene rings is 1. The van der Waals surface area contributed by atoms with Crippen LogP contribution >= 0.6 is 11.8 Å². The molecule has 1 fully saturated rings. The Morgan fingerprint density at radius 2 is 2.05 bits per heavy atom. The van der Waals surface area contributed by atoms with Crippen LogP contribution in [-0.4, -0.2) is 24.5 Å². The molecule has 3 nitrogen and oxygen atoms in total. The molecule has 0 atom stereocenters. The van der Waals surface area contributed by atoms with Gasteiger partial charge in [0.05, 0.1) is 0 Å². The van der Waals surface area contributed by atoms with Gasteiger partial charge >= 0.3 is 0 Å². The molecular weight excluding hydrogens is 256 g/mol. The molecule has 0 spiro atoms. The fourth-order valence-electron chi connectivity index (χ4n) is 2.40. The molecule has 19 heavy (non-hydrogen) atoms. The molecule has 1 heterocycles. The van der Waals surface area contributed by atoms with Crippen LogP contribution in [0.1, 0.15) is 24.8 Å². The van der Waals surface area contributed by atoms with E-state index in [0.717, 1.165) is 17.8 Å². The molecule has 0 bridgehead atoms. The first-order valence-corrected chi connectivity index (χ1v) is 8.05. The lowest BCUT2D eigenvalue weighted by molar-refractivity contribution is -0.117. The van der Waals surface area contributed by atoms with Gasteiger partial charge in [0, 0.05) is 18.7 Å². The van der Waals surface area contributed by atoms with Crippen LogP contribution < -0.4 is 10.6 Å². The molecule has 0 saturated carbocycles. The summed E-state index contributed by atoms with van der Waals surface area (Å²) in [5.74, 6) is 3.13. The zero-order valence-electron chi connectivity index (χ0n) is 11.4. The number of para-hydroxylation sites is 1. The minimum absolute atomic E-state index is 0.153. The molecule has 0 aliphatic carbocycles. The maximum absolute atomic E-state index is 12.1. The molecule has 1 aliphatic heterocycles. The van der Waals surface area contributed by atoms with E-state index in [4.69, 9.17) is 0 Å². The van der Waals surface area contributed by atoms with Crippen LogP contribution in [0, 0.1) is 5.92 Å². The van der Waals surface area contributed by atoms with Gasteiger partial charge in [-0.1, -0.05) is 18.2 Å². The fraction of sp³-hybridized carbons (Fsp3) is 0.533. The highest BCUT2D eigenvalue weighted by Gasteiger charge is 2.17. The average molecular weight is 278 g/mol. The van der Waals surface area contributed by atoms with Gasteiger partial charge in [0.1, 0.15) is 0 Å². The second kappa shape index (κ2) is 7.56. The Kier molecular flexibility index (Phi) is 5.73. The summed E-state index contributed by atoms with van der Waals surface area (Å²) in [6.07, 6.45) is 3.01. The Bertz CT molecular complexity index is 416. The van der Waals surface area contributed by atoms with Gasteiger partial charge in [-0.15, -0.1) is 0 Å². The summed E-state index contributed by atoms with van der Waals surface area (Å²) in [5, 5.41) is 6.18. The molecule has 4 heteroatoms. The van der Waals surface area contributed by atoms with Gasteiger partial charge < -0.3 is 10.6 Å². The molecule has 0 aromatic heterocycles. The number of anilines is 1. The summed E-state index contributed by atoms with van der Waals surface area (Å²) < 4.78 is 0. The zero-order valence-corrected chi connectivity index (χ0v) is 12.3. The largest absolute Gasteiger partial charge is 0.326 e. The van der Waals surface area contributed by atoms with Crippen LogP contribution in [0.5, 0.6) is 0 Å². The Balaban J connectivity index is 1.90. The lowest BCUT2D eigenvalue weighted by Gasteiger charge is -2.21. The number of carbonyl (C=O) groups excluding carboxylic acids is 1. The monoisotopic (exact) mass is 278 g/mol. The van der Waals surface area contributed by atoms with E-state index in [2.05, 4.69) is 10.6 Å². The molecule has 104 valence electrons. The van der Waals surface area contributed by atoms with E-state index < -0.39 is 0 Å². The van der Waals surface area contributed by atoms with E-state index in [0.29, 0.717) is 12.3 Å². The van der Waals surface area contributed by atoms with Crippen molar-refractivity contribution < 1.29 is 4.79 Å². The minimum Gasteiger partial charge on any atom is -0.326 e. The predicted molar refractivity (Wildman–Crippen MR) is 82.5 cm³/mol. The van der Waals surface area contributed by atoms with Gasteiger partial charge in [0.2, 0.25) is 5.91 Å². The Labute approximate surface area is 119 Å². The van der Waals surface area contributed by atoms with E-state index in [9.17, 15) is 4.79 Å². The first-order valence-electron chi connectivity index (χ1n) is 6.89. The van der Waals surface area contributed by atoms with Crippen LogP contribution in [0.15, 0.2) is 24.3 Å². The van der Waals surface area contributed by atoms with E-state index >= 15 is 0 Å². The molecule has 1 aromatic rings. The highest BCUT2D eigenvalue weighted by molar-refractivity contribution is 7.99. The SMILES string of the molecule is CNCc1ccccc1NC(=O)CC1CCSCC1. The van der Waals surface area contributed by atoms with Crippen molar-refractivity contribution in [3.63, 3.8) is 0 Å². The predicted octanol–water partition coefficient (Wildman–Crippen LogP) is 2.88. The summed E-state index contributed by atoms with van der Waals surface area (Å²) in [4.78, 5) is 12.1. The quantitative estimate of drug-likeness (QED) is 0.870. The summed E-state index contributed by atoms with van der Waals surface area (Å²) in [6.45, 7) is 0.774. The third-order valence-corrected chi connectivity index (χ3v) is 4.52. The normalized spacial score (nSPS) is 16.3. The van der Waals surface area contributed by atoms with Crippen molar-refractivity contribution >= 4 is 23.4 Å². The second-order valence-electron chi connectivity index (χ2n) is 5.00. The van der Waals surface area contributed by atoms with Crippen LogP contribution in [0.3, 0.4) is 0 Å². The first-order chi connectivity index (χ1) is 9.29. The average Bonchev–Trinajstić information content (AvgIpc) is 2.42. The van der Waals surface area contributed by atoms with E-state index in [1.165, 1.54) is 24.3 Å². The maximum Gasteiger partial charge on any atom is 0.224 e. The highest BCUT2D eigenvalue weighted by Crippen LogP contribution is 2.26. The van der Waals surface area contributed by atoms with Crippen molar-refractivity contribution in [1.82, 2.24) is 5.32 Å². The molecule has 0 radical (unpaired) electrons. The lowest BCUT2D eigenvalue weighted by Crippen LogP contribution is -2.20. The second-order valence-corrected chi connectivity index (χ2v) is 6.22. The van der Waals surface area contributed by atoms with Crippen LogP contribution in [0.4, 0.5) is 5.69 Å². The number of amides is 1. The van der Waals surface area contributed by atoms with Gasteiger partial charge in [-0.3, -0.25) is 4.79 Å². The third kappa shape index (κ3) is 4.55. The van der Waals surface area contributed by atoms with Gasteiger partial charge in [0.15, 0.2) is 0 Å². The molecular formula is C15H22N2OS. The number of hydrogen-bond acceptors (Lipinski definition) is 3. The summed E-state index contributed by atoms with van der Waals surface area (Å²) in [6, 6.07) is 7.98. The summed E-state index contributed by atoms with van der Waals surface area (Å²) in [5.41, 5.74) is 2.07. The number of nitrogens with one attached hydrogen (secondary N) is 2. The van der Waals surface area contributed by atoms with Crippen molar-refractivity contribution in [2.24, 2.45) is 5.92 Å². The third-order valence-electron chi connectivity index (χ3n) is 3.47. The number of carbonyl (C=O) groups is 1. The number of hydrogen-bond donors (Lipinski definition) is 2. The minimum atomic E-state index is 0.153. The standard InChI is InChI=1S/C15H22N2OS/c1-16-11-13-4-2-3-5-14(13)17-15(18)10-12-6-8-19-9-7-12/h2-5,12,16H,6-11H2,1H3,(H,17,18). The van der Waals surface area contributed by atoms with E-state index in [-0.39, 0.29) is 5.91 Å². The summed E-state index contributed by atoms with van der Waals surface area (Å²) >= 11 is 2.00. The smallest absolute Gasteiger partial charge is 0.224 e. The van der Waals surface area contributed by atoms with Crippen LogP contribution in [0.2, 0.25) is 0 Å². The Hall–Kier alpha value is -1.000. The van der Waals surface area contributed by atoms with Crippen LogP contribution in [0.25, 0.3) is 0 Å². The molecule has 2 N–H and O–H groups in total. The molecule has 0 unspecified atom stereocenters. The molecule has 1 aliphatic rings. The van der Waals surface area contributed by atoms with Gasteiger partial charge in [0.25, 0.3) is 0 Å². The van der Waals surface area contributed by atoms with Crippen LogP contribution in [-0.2, 0) is 11.3 Å².